The molecule has 0 spiro atoms. The number of anilines is 5. The molecule has 5 rings (SSSR count). The average molecular weight is 546 g/mol. The summed E-state index contributed by atoms with van der Waals surface area (Å²) in [5.41, 5.74) is 3.28. The van der Waals surface area contributed by atoms with Crippen molar-refractivity contribution in [1.82, 2.24) is 14.9 Å². The lowest BCUT2D eigenvalue weighted by molar-refractivity contribution is -0.111. The minimum absolute atomic E-state index is 0.0176. The highest BCUT2D eigenvalue weighted by atomic mass is 16.7. The first-order valence-corrected chi connectivity index (χ1v) is 13.2. The van der Waals surface area contributed by atoms with Gasteiger partial charge < -0.3 is 29.9 Å². The maximum Gasteiger partial charge on any atom is 0.247 e. The molecule has 2 N–H and O–H groups in total. The van der Waals surface area contributed by atoms with Gasteiger partial charge in [0.05, 0.1) is 43.9 Å². The van der Waals surface area contributed by atoms with Gasteiger partial charge in [-0.25, -0.2) is 15.0 Å². The van der Waals surface area contributed by atoms with Gasteiger partial charge in [-0.2, -0.15) is 0 Å². The Bertz CT molecular complexity index is 1360. The third-order valence-electron chi connectivity index (χ3n) is 7.13. The number of hydroxylamine groups is 1. The topological polar surface area (TPSA) is 104 Å². The summed E-state index contributed by atoms with van der Waals surface area (Å²) >= 11 is 0. The van der Waals surface area contributed by atoms with Crippen LogP contribution in [0.4, 0.5) is 28.7 Å². The summed E-state index contributed by atoms with van der Waals surface area (Å²) in [6.07, 6.45) is 3.57. The molecule has 11 nitrogen and oxygen atoms in total. The Morgan fingerprint density at radius 1 is 1.07 bits per heavy atom. The molecule has 11 heteroatoms. The molecule has 3 aromatic rings. The fourth-order valence-corrected chi connectivity index (χ4v) is 4.95. The molecule has 1 aromatic heterocycles. The van der Waals surface area contributed by atoms with E-state index < -0.39 is 0 Å². The molecule has 0 bridgehead atoms. The first kappa shape index (κ1) is 27.2. The van der Waals surface area contributed by atoms with Crippen molar-refractivity contribution >= 4 is 34.6 Å². The fraction of sp³-hybridized carbons (Fsp3) is 0.345. The minimum atomic E-state index is -0.286. The number of ether oxygens (including phenoxy) is 2. The molecule has 0 radical (unpaired) electrons. The Morgan fingerprint density at radius 2 is 1.90 bits per heavy atom. The highest BCUT2D eigenvalue weighted by Gasteiger charge is 2.29. The number of aromatic nitrogens is 2. The molecule has 2 aromatic carbocycles. The summed E-state index contributed by atoms with van der Waals surface area (Å²) in [4.78, 5) is 31.7. The molecule has 1 atom stereocenters. The van der Waals surface area contributed by atoms with Crippen LogP contribution in [0.5, 0.6) is 11.5 Å². The summed E-state index contributed by atoms with van der Waals surface area (Å²) in [5, 5.41) is 8.11. The van der Waals surface area contributed by atoms with E-state index >= 15 is 0 Å². The molecule has 1 amide bonds. The van der Waals surface area contributed by atoms with Crippen LogP contribution in [0.2, 0.25) is 0 Å². The Morgan fingerprint density at radius 3 is 2.65 bits per heavy atom. The summed E-state index contributed by atoms with van der Waals surface area (Å²) in [6, 6.07) is 13.6. The number of amides is 1. The van der Waals surface area contributed by atoms with Gasteiger partial charge in [0.15, 0.2) is 5.82 Å². The van der Waals surface area contributed by atoms with Gasteiger partial charge in [-0.15, -0.1) is 0 Å². The smallest absolute Gasteiger partial charge is 0.247 e. The maximum atomic E-state index is 12.3. The number of carbonyl (C=O) groups excluding carboxylic acids is 1. The van der Waals surface area contributed by atoms with E-state index in [0.29, 0.717) is 35.4 Å². The van der Waals surface area contributed by atoms with Crippen molar-refractivity contribution in [2.24, 2.45) is 0 Å². The van der Waals surface area contributed by atoms with E-state index in [-0.39, 0.29) is 11.9 Å². The standard InChI is InChI=1S/C29H35N7O4/c1-5-29(37)33-22-16-23(26(39-4)17-25(22)35-12-10-34(2)11-13-35)32-27-18-28(31-19-30-27)36-24(9-14-40-36)20-7-6-8-21(15-20)38-3/h5-8,15-19,24H,1,9-14H2,2-4H3,(H,33,37)(H,30,31,32). The molecule has 2 aliphatic rings. The molecule has 40 heavy (non-hydrogen) atoms. The van der Waals surface area contributed by atoms with Crippen molar-refractivity contribution in [2.75, 3.05) is 74.6 Å². The third-order valence-corrected chi connectivity index (χ3v) is 7.13. The number of benzene rings is 2. The summed E-state index contributed by atoms with van der Waals surface area (Å²) in [5.74, 6) is 2.30. The number of nitrogens with zero attached hydrogens (tertiary/aromatic N) is 5. The Kier molecular flexibility index (Phi) is 8.32. The summed E-state index contributed by atoms with van der Waals surface area (Å²) < 4.78 is 11.2. The van der Waals surface area contributed by atoms with E-state index in [1.165, 1.54) is 12.4 Å². The van der Waals surface area contributed by atoms with Gasteiger partial charge in [-0.3, -0.25) is 9.63 Å². The number of hydrogen-bond acceptors (Lipinski definition) is 10. The van der Waals surface area contributed by atoms with Crippen LogP contribution < -0.4 is 30.1 Å². The largest absolute Gasteiger partial charge is 0.497 e. The van der Waals surface area contributed by atoms with Crippen molar-refractivity contribution in [3.8, 4) is 11.5 Å². The van der Waals surface area contributed by atoms with Crippen LogP contribution >= 0.6 is 0 Å². The van der Waals surface area contributed by atoms with Crippen molar-refractivity contribution in [2.45, 2.75) is 12.5 Å². The number of likely N-dealkylation sites (N-methyl/N-ethyl adjacent to an activating group) is 1. The molecule has 3 heterocycles. The molecule has 2 fully saturated rings. The zero-order chi connectivity index (χ0) is 28.1. The zero-order valence-electron chi connectivity index (χ0n) is 23.1. The van der Waals surface area contributed by atoms with Crippen LogP contribution in [-0.2, 0) is 9.63 Å². The lowest BCUT2D eigenvalue weighted by Gasteiger charge is -2.35. The molecule has 0 aliphatic carbocycles. The van der Waals surface area contributed by atoms with E-state index in [9.17, 15) is 4.79 Å². The van der Waals surface area contributed by atoms with Crippen LogP contribution in [0.3, 0.4) is 0 Å². The fourth-order valence-electron chi connectivity index (χ4n) is 4.95. The van der Waals surface area contributed by atoms with Gasteiger partial charge >= 0.3 is 0 Å². The predicted molar refractivity (Wildman–Crippen MR) is 156 cm³/mol. The van der Waals surface area contributed by atoms with E-state index in [1.807, 2.05) is 41.5 Å². The Balaban J connectivity index is 1.43. The van der Waals surface area contributed by atoms with Gasteiger partial charge in [0.2, 0.25) is 5.91 Å². The normalized spacial score (nSPS) is 17.4. The lowest BCUT2D eigenvalue weighted by atomic mass is 10.0. The first-order valence-electron chi connectivity index (χ1n) is 13.2. The number of piperazine rings is 1. The van der Waals surface area contributed by atoms with Crippen LogP contribution in [0.15, 0.2) is 61.4 Å². The van der Waals surface area contributed by atoms with Crippen LogP contribution in [-0.4, -0.2) is 74.8 Å². The quantitative estimate of drug-likeness (QED) is 0.384. The second-order valence-corrected chi connectivity index (χ2v) is 9.68. The molecule has 2 aliphatic heterocycles. The number of nitrogens with one attached hydrogen (secondary N) is 2. The van der Waals surface area contributed by atoms with Crippen LogP contribution in [0.25, 0.3) is 0 Å². The molecular weight excluding hydrogens is 510 g/mol. The molecule has 2 saturated heterocycles. The Hall–Kier alpha value is -4.35. The summed E-state index contributed by atoms with van der Waals surface area (Å²) in [7, 11) is 5.39. The van der Waals surface area contributed by atoms with Gasteiger partial charge in [0, 0.05) is 44.7 Å². The number of carbonyl (C=O) groups is 1. The highest BCUT2D eigenvalue weighted by molar-refractivity contribution is 6.02. The number of rotatable bonds is 9. The highest BCUT2D eigenvalue weighted by Crippen LogP contribution is 2.40. The Labute approximate surface area is 234 Å². The van der Waals surface area contributed by atoms with Gasteiger partial charge in [0.1, 0.15) is 23.6 Å². The van der Waals surface area contributed by atoms with Gasteiger partial charge in [-0.05, 0) is 36.9 Å². The molecule has 210 valence electrons. The van der Waals surface area contributed by atoms with Gasteiger partial charge in [0.25, 0.3) is 0 Å². The monoisotopic (exact) mass is 545 g/mol. The molecule has 0 saturated carbocycles. The van der Waals surface area contributed by atoms with Crippen molar-refractivity contribution in [3.63, 3.8) is 0 Å². The number of hydrogen-bond donors (Lipinski definition) is 2. The van der Waals surface area contributed by atoms with E-state index in [1.54, 1.807) is 14.2 Å². The SMILES string of the molecule is C=CC(=O)Nc1cc(Nc2cc(N3OCCC3c3cccc(OC)c3)ncn2)c(OC)cc1N1CCN(C)CC1. The van der Waals surface area contributed by atoms with Crippen molar-refractivity contribution in [3.05, 3.63) is 67.0 Å². The minimum Gasteiger partial charge on any atom is -0.497 e. The van der Waals surface area contributed by atoms with Crippen molar-refractivity contribution < 1.29 is 19.1 Å². The maximum absolute atomic E-state index is 12.3. The first-order chi connectivity index (χ1) is 19.5. The van der Waals surface area contributed by atoms with E-state index in [4.69, 9.17) is 14.3 Å². The second kappa shape index (κ2) is 12.2. The average Bonchev–Trinajstić information content (AvgIpc) is 3.48. The van der Waals surface area contributed by atoms with Crippen LogP contribution in [0.1, 0.15) is 18.0 Å². The lowest BCUT2D eigenvalue weighted by Crippen LogP contribution is -2.44. The molecule has 1 unspecified atom stereocenters. The van der Waals surface area contributed by atoms with E-state index in [2.05, 4.69) is 50.1 Å². The van der Waals surface area contributed by atoms with E-state index in [0.717, 1.165) is 49.6 Å². The third kappa shape index (κ3) is 5.95. The number of methoxy groups -OCH3 is 2. The predicted octanol–water partition coefficient (Wildman–Crippen LogP) is 4.00. The van der Waals surface area contributed by atoms with Gasteiger partial charge in [-0.1, -0.05) is 18.7 Å². The van der Waals surface area contributed by atoms with Crippen LogP contribution in [0, 0.1) is 0 Å². The molecular formula is C29H35N7O4. The van der Waals surface area contributed by atoms with Crippen molar-refractivity contribution in [1.29, 1.82) is 0 Å². The second-order valence-electron chi connectivity index (χ2n) is 9.68. The summed E-state index contributed by atoms with van der Waals surface area (Å²) in [6.45, 7) is 7.70. The zero-order valence-corrected chi connectivity index (χ0v) is 23.1.